The van der Waals surface area contributed by atoms with Gasteiger partial charge in [0.15, 0.2) is 5.78 Å². The standard InChI is InChI=1S/C13H18FNO/c1-8-5-6-10(13(3,4)14)7-11(8)12(16)9(2)15/h5-7,9H,15H2,1-4H3. The van der Waals surface area contributed by atoms with E-state index in [1.165, 1.54) is 13.8 Å². The predicted molar refractivity (Wildman–Crippen MR) is 63.3 cm³/mol. The minimum atomic E-state index is -1.44. The van der Waals surface area contributed by atoms with Crippen LogP contribution in [0.5, 0.6) is 0 Å². The first-order chi connectivity index (χ1) is 7.23. The summed E-state index contributed by atoms with van der Waals surface area (Å²) < 4.78 is 13.8. The fourth-order valence-electron chi connectivity index (χ4n) is 1.50. The molecule has 0 saturated carbocycles. The Kier molecular flexibility index (Phi) is 3.48. The van der Waals surface area contributed by atoms with Crippen molar-refractivity contribution < 1.29 is 9.18 Å². The molecule has 0 saturated heterocycles. The fraction of sp³-hybridized carbons (Fsp3) is 0.462. The Morgan fingerprint density at radius 2 is 2.00 bits per heavy atom. The first-order valence-corrected chi connectivity index (χ1v) is 5.33. The third-order valence-corrected chi connectivity index (χ3v) is 2.60. The van der Waals surface area contributed by atoms with Crippen molar-refractivity contribution in [3.8, 4) is 0 Å². The summed E-state index contributed by atoms with van der Waals surface area (Å²) in [6.07, 6.45) is 0. The number of hydrogen-bond acceptors (Lipinski definition) is 2. The summed E-state index contributed by atoms with van der Waals surface area (Å²) in [6.45, 7) is 6.40. The average Bonchev–Trinajstić information content (AvgIpc) is 2.15. The van der Waals surface area contributed by atoms with E-state index in [1.54, 1.807) is 25.1 Å². The van der Waals surface area contributed by atoms with Crippen molar-refractivity contribution in [2.45, 2.75) is 39.4 Å². The van der Waals surface area contributed by atoms with E-state index in [2.05, 4.69) is 0 Å². The summed E-state index contributed by atoms with van der Waals surface area (Å²) in [4.78, 5) is 11.8. The van der Waals surface area contributed by atoms with Crippen LogP contribution in [0.25, 0.3) is 0 Å². The minimum Gasteiger partial charge on any atom is -0.321 e. The first-order valence-electron chi connectivity index (χ1n) is 5.33. The maximum atomic E-state index is 13.8. The number of carbonyl (C=O) groups excluding carboxylic acids is 1. The zero-order valence-electron chi connectivity index (χ0n) is 10.2. The number of Topliss-reactive ketones (excluding diaryl/α,β-unsaturated/α-hetero) is 1. The van der Waals surface area contributed by atoms with Crippen LogP contribution in [0.2, 0.25) is 0 Å². The van der Waals surface area contributed by atoms with Gasteiger partial charge in [0.2, 0.25) is 0 Å². The van der Waals surface area contributed by atoms with E-state index in [9.17, 15) is 9.18 Å². The van der Waals surface area contributed by atoms with Gasteiger partial charge in [0.1, 0.15) is 5.67 Å². The fourth-order valence-corrected chi connectivity index (χ4v) is 1.50. The number of carbonyl (C=O) groups is 1. The molecule has 2 nitrogen and oxygen atoms in total. The van der Waals surface area contributed by atoms with E-state index in [0.29, 0.717) is 11.1 Å². The summed E-state index contributed by atoms with van der Waals surface area (Å²) in [5.74, 6) is -0.149. The maximum absolute atomic E-state index is 13.8. The Bertz CT molecular complexity index is 405. The molecule has 1 unspecified atom stereocenters. The normalized spacial score (nSPS) is 13.6. The van der Waals surface area contributed by atoms with Crippen molar-refractivity contribution in [2.24, 2.45) is 5.73 Å². The highest BCUT2D eigenvalue weighted by molar-refractivity contribution is 6.01. The maximum Gasteiger partial charge on any atom is 0.179 e. The van der Waals surface area contributed by atoms with Crippen LogP contribution in [0.4, 0.5) is 4.39 Å². The number of rotatable bonds is 3. The molecule has 88 valence electrons. The van der Waals surface area contributed by atoms with E-state index in [-0.39, 0.29) is 5.78 Å². The highest BCUT2D eigenvalue weighted by Crippen LogP contribution is 2.26. The second-order valence-electron chi connectivity index (χ2n) is 4.66. The molecule has 0 radical (unpaired) electrons. The van der Waals surface area contributed by atoms with Gasteiger partial charge in [-0.05, 0) is 44.9 Å². The number of benzene rings is 1. The highest BCUT2D eigenvalue weighted by atomic mass is 19.1. The third-order valence-electron chi connectivity index (χ3n) is 2.60. The Hall–Kier alpha value is -1.22. The van der Waals surface area contributed by atoms with Crippen molar-refractivity contribution >= 4 is 5.78 Å². The molecule has 0 fully saturated rings. The van der Waals surface area contributed by atoms with Crippen molar-refractivity contribution in [1.82, 2.24) is 0 Å². The topological polar surface area (TPSA) is 43.1 Å². The molecule has 1 aromatic carbocycles. The van der Waals surface area contributed by atoms with Crippen LogP contribution in [0.15, 0.2) is 18.2 Å². The van der Waals surface area contributed by atoms with Crippen LogP contribution < -0.4 is 5.73 Å². The Labute approximate surface area is 95.7 Å². The first kappa shape index (κ1) is 12.8. The van der Waals surface area contributed by atoms with E-state index in [4.69, 9.17) is 5.73 Å². The van der Waals surface area contributed by atoms with Crippen molar-refractivity contribution in [2.75, 3.05) is 0 Å². The summed E-state index contributed by atoms with van der Waals surface area (Å²) >= 11 is 0. The van der Waals surface area contributed by atoms with Gasteiger partial charge in [0.05, 0.1) is 6.04 Å². The molecule has 16 heavy (non-hydrogen) atoms. The number of nitrogens with two attached hydrogens (primary N) is 1. The van der Waals surface area contributed by atoms with Gasteiger partial charge in [-0.2, -0.15) is 0 Å². The molecule has 0 bridgehead atoms. The summed E-state index contributed by atoms with van der Waals surface area (Å²) in [6, 6.07) is 4.50. The molecule has 0 aliphatic carbocycles. The van der Waals surface area contributed by atoms with Crippen molar-refractivity contribution in [3.63, 3.8) is 0 Å². The van der Waals surface area contributed by atoms with Crippen LogP contribution in [0.3, 0.4) is 0 Å². The predicted octanol–water partition coefficient (Wildman–Crippen LogP) is 2.73. The molecule has 0 spiro atoms. The average molecular weight is 223 g/mol. The summed E-state index contributed by atoms with van der Waals surface area (Å²) in [5, 5.41) is 0. The zero-order chi connectivity index (χ0) is 12.5. The van der Waals surface area contributed by atoms with E-state index < -0.39 is 11.7 Å². The van der Waals surface area contributed by atoms with Gasteiger partial charge in [0, 0.05) is 5.56 Å². The van der Waals surface area contributed by atoms with Crippen LogP contribution in [-0.2, 0) is 5.67 Å². The van der Waals surface area contributed by atoms with Gasteiger partial charge in [0.25, 0.3) is 0 Å². The Morgan fingerprint density at radius 1 is 1.44 bits per heavy atom. The second kappa shape index (κ2) is 4.34. The van der Waals surface area contributed by atoms with Crippen LogP contribution in [0, 0.1) is 6.92 Å². The number of aryl methyl sites for hydroxylation is 1. The molecule has 0 aromatic heterocycles. The quantitative estimate of drug-likeness (QED) is 0.801. The molecule has 1 atom stereocenters. The molecule has 2 N–H and O–H groups in total. The summed E-state index contributed by atoms with van der Waals surface area (Å²) in [5.41, 5.74) is 5.95. The second-order valence-corrected chi connectivity index (χ2v) is 4.66. The highest BCUT2D eigenvalue weighted by Gasteiger charge is 2.22. The zero-order valence-corrected chi connectivity index (χ0v) is 10.2. The minimum absolute atomic E-state index is 0.149. The molecule has 1 aromatic rings. The van der Waals surface area contributed by atoms with Gasteiger partial charge in [-0.1, -0.05) is 12.1 Å². The lowest BCUT2D eigenvalue weighted by Crippen LogP contribution is -2.27. The SMILES string of the molecule is Cc1ccc(C(C)(C)F)cc1C(=O)C(C)N. The molecule has 3 heteroatoms. The van der Waals surface area contributed by atoms with E-state index >= 15 is 0 Å². The summed E-state index contributed by atoms with van der Waals surface area (Å²) in [7, 11) is 0. The van der Waals surface area contributed by atoms with E-state index in [1.807, 2.05) is 6.92 Å². The molecular weight excluding hydrogens is 205 g/mol. The van der Waals surface area contributed by atoms with Crippen LogP contribution in [0.1, 0.15) is 42.3 Å². The van der Waals surface area contributed by atoms with Gasteiger partial charge in [-0.3, -0.25) is 4.79 Å². The van der Waals surface area contributed by atoms with Crippen LogP contribution in [-0.4, -0.2) is 11.8 Å². The lowest BCUT2D eigenvalue weighted by Gasteiger charge is -2.17. The molecule has 0 aliphatic heterocycles. The van der Waals surface area contributed by atoms with Gasteiger partial charge in [-0.15, -0.1) is 0 Å². The Morgan fingerprint density at radius 3 is 2.44 bits per heavy atom. The van der Waals surface area contributed by atoms with Crippen molar-refractivity contribution in [3.05, 3.63) is 34.9 Å². The monoisotopic (exact) mass is 223 g/mol. The van der Waals surface area contributed by atoms with E-state index in [0.717, 1.165) is 5.56 Å². The van der Waals surface area contributed by atoms with Crippen molar-refractivity contribution in [1.29, 1.82) is 0 Å². The van der Waals surface area contributed by atoms with Gasteiger partial charge >= 0.3 is 0 Å². The third kappa shape index (κ3) is 2.67. The molecular formula is C13H18FNO. The molecule has 1 rings (SSSR count). The number of alkyl halides is 1. The molecule has 0 heterocycles. The largest absolute Gasteiger partial charge is 0.321 e. The van der Waals surface area contributed by atoms with Crippen LogP contribution >= 0.6 is 0 Å². The lowest BCUT2D eigenvalue weighted by atomic mass is 9.92. The number of hydrogen-bond donors (Lipinski definition) is 1. The van der Waals surface area contributed by atoms with Gasteiger partial charge < -0.3 is 5.73 Å². The molecule has 0 aliphatic rings. The smallest absolute Gasteiger partial charge is 0.179 e. The molecule has 0 amide bonds. The number of halogens is 1. The lowest BCUT2D eigenvalue weighted by molar-refractivity contribution is 0.0967. The number of ketones is 1. The van der Waals surface area contributed by atoms with Gasteiger partial charge in [-0.25, -0.2) is 4.39 Å². The Balaban J connectivity index is 3.25.